The molecule has 86 valence electrons. The van der Waals surface area contributed by atoms with Crippen LogP contribution in [0.5, 0.6) is 0 Å². The number of rotatable bonds is 2. The molecule has 0 N–H and O–H groups in total. The molecule has 17 heavy (non-hydrogen) atoms. The standard InChI is InChI=1S/C15H14OS/c16-15(11-6-2-1-3-7-11)13-10-17-14-9-5-4-8-12(13)14/h4-6,8-10H,1-3,7H2. The van der Waals surface area contributed by atoms with E-state index in [1.54, 1.807) is 11.3 Å². The van der Waals surface area contributed by atoms with Gasteiger partial charge in [0.05, 0.1) is 0 Å². The summed E-state index contributed by atoms with van der Waals surface area (Å²) < 4.78 is 1.20. The summed E-state index contributed by atoms with van der Waals surface area (Å²) in [4.78, 5) is 12.4. The molecule has 0 radical (unpaired) electrons. The van der Waals surface area contributed by atoms with Crippen molar-refractivity contribution in [2.45, 2.75) is 25.7 Å². The average Bonchev–Trinajstić information content (AvgIpc) is 2.83. The fourth-order valence-electron chi connectivity index (χ4n) is 2.37. The predicted molar refractivity (Wildman–Crippen MR) is 72.7 cm³/mol. The van der Waals surface area contributed by atoms with Crippen LogP contribution >= 0.6 is 11.3 Å². The molecule has 0 saturated carbocycles. The molecule has 1 heterocycles. The van der Waals surface area contributed by atoms with Gasteiger partial charge in [0.2, 0.25) is 0 Å². The van der Waals surface area contributed by atoms with Crippen molar-refractivity contribution in [3.63, 3.8) is 0 Å². The number of carbonyl (C=O) groups is 1. The maximum absolute atomic E-state index is 12.4. The molecular formula is C15H14OS. The largest absolute Gasteiger partial charge is 0.289 e. The van der Waals surface area contributed by atoms with E-state index in [9.17, 15) is 4.79 Å². The molecule has 0 atom stereocenters. The van der Waals surface area contributed by atoms with E-state index in [0.717, 1.165) is 35.8 Å². The second kappa shape index (κ2) is 4.46. The lowest BCUT2D eigenvalue weighted by molar-refractivity contribution is 0.103. The van der Waals surface area contributed by atoms with Crippen LogP contribution in [0.25, 0.3) is 10.1 Å². The van der Waals surface area contributed by atoms with Gasteiger partial charge in [-0.25, -0.2) is 0 Å². The van der Waals surface area contributed by atoms with Crippen LogP contribution in [0.15, 0.2) is 41.3 Å². The van der Waals surface area contributed by atoms with E-state index >= 15 is 0 Å². The Kier molecular flexibility index (Phi) is 2.81. The summed E-state index contributed by atoms with van der Waals surface area (Å²) in [6, 6.07) is 8.14. The zero-order valence-corrected chi connectivity index (χ0v) is 10.4. The molecule has 2 aromatic rings. The van der Waals surface area contributed by atoms with E-state index in [-0.39, 0.29) is 5.78 Å². The van der Waals surface area contributed by atoms with Crippen molar-refractivity contribution in [1.29, 1.82) is 0 Å². The van der Waals surface area contributed by atoms with Gasteiger partial charge in [0, 0.05) is 21.0 Å². The first-order valence-electron chi connectivity index (χ1n) is 6.06. The van der Waals surface area contributed by atoms with Crippen molar-refractivity contribution < 1.29 is 4.79 Å². The van der Waals surface area contributed by atoms with E-state index in [1.165, 1.54) is 11.1 Å². The molecule has 0 saturated heterocycles. The van der Waals surface area contributed by atoms with Gasteiger partial charge in [0.15, 0.2) is 5.78 Å². The minimum Gasteiger partial charge on any atom is -0.289 e. The van der Waals surface area contributed by atoms with Gasteiger partial charge in [-0.2, -0.15) is 0 Å². The molecule has 1 aliphatic rings. The smallest absolute Gasteiger partial charge is 0.190 e. The van der Waals surface area contributed by atoms with Crippen LogP contribution in [0.1, 0.15) is 36.0 Å². The molecule has 1 aromatic heterocycles. The van der Waals surface area contributed by atoms with Crippen LogP contribution in [-0.2, 0) is 0 Å². The maximum atomic E-state index is 12.4. The van der Waals surface area contributed by atoms with Crippen molar-refractivity contribution in [3.05, 3.63) is 46.9 Å². The van der Waals surface area contributed by atoms with E-state index in [2.05, 4.69) is 12.1 Å². The highest BCUT2D eigenvalue weighted by Gasteiger charge is 2.17. The second-order valence-electron chi connectivity index (χ2n) is 4.45. The highest BCUT2D eigenvalue weighted by atomic mass is 32.1. The van der Waals surface area contributed by atoms with Crippen molar-refractivity contribution >= 4 is 27.2 Å². The van der Waals surface area contributed by atoms with E-state index in [1.807, 2.05) is 23.6 Å². The number of benzene rings is 1. The number of hydrogen-bond donors (Lipinski definition) is 0. The zero-order chi connectivity index (χ0) is 11.7. The summed E-state index contributed by atoms with van der Waals surface area (Å²) in [5, 5.41) is 3.11. The second-order valence-corrected chi connectivity index (χ2v) is 5.36. The van der Waals surface area contributed by atoms with Crippen LogP contribution in [0, 0.1) is 0 Å². The molecule has 1 aliphatic carbocycles. The van der Waals surface area contributed by atoms with Crippen LogP contribution in [0.2, 0.25) is 0 Å². The molecule has 0 spiro atoms. The Labute approximate surface area is 105 Å². The third-order valence-corrected chi connectivity index (χ3v) is 4.27. The normalized spacial score (nSPS) is 15.9. The van der Waals surface area contributed by atoms with E-state index in [4.69, 9.17) is 0 Å². The molecule has 0 aliphatic heterocycles. The summed E-state index contributed by atoms with van der Waals surface area (Å²) in [6.45, 7) is 0. The fourth-order valence-corrected chi connectivity index (χ4v) is 3.31. The lowest BCUT2D eigenvalue weighted by Gasteiger charge is -2.10. The van der Waals surface area contributed by atoms with Gasteiger partial charge in [-0.1, -0.05) is 24.3 Å². The van der Waals surface area contributed by atoms with Crippen LogP contribution in [0.4, 0.5) is 0 Å². The van der Waals surface area contributed by atoms with Crippen molar-refractivity contribution in [2.75, 3.05) is 0 Å². The number of Topliss-reactive ketones (excluding diaryl/α,β-unsaturated/α-hetero) is 1. The number of hydrogen-bond acceptors (Lipinski definition) is 2. The number of thiophene rings is 1. The lowest BCUT2D eigenvalue weighted by atomic mass is 9.93. The van der Waals surface area contributed by atoms with Gasteiger partial charge < -0.3 is 0 Å². The Morgan fingerprint density at radius 1 is 1.18 bits per heavy atom. The summed E-state index contributed by atoms with van der Waals surface area (Å²) in [6.07, 6.45) is 6.51. The third-order valence-electron chi connectivity index (χ3n) is 3.31. The Balaban J connectivity index is 2.03. The first-order valence-corrected chi connectivity index (χ1v) is 6.94. The number of fused-ring (bicyclic) bond motifs is 1. The highest BCUT2D eigenvalue weighted by Crippen LogP contribution is 2.29. The first-order chi connectivity index (χ1) is 8.36. The highest BCUT2D eigenvalue weighted by molar-refractivity contribution is 7.17. The van der Waals surface area contributed by atoms with Crippen molar-refractivity contribution in [3.8, 4) is 0 Å². The first kappa shape index (κ1) is 10.7. The van der Waals surface area contributed by atoms with Crippen molar-refractivity contribution in [1.82, 2.24) is 0 Å². The molecule has 0 amide bonds. The van der Waals surface area contributed by atoms with Crippen molar-refractivity contribution in [2.24, 2.45) is 0 Å². The fraction of sp³-hybridized carbons (Fsp3) is 0.267. The molecule has 3 rings (SSSR count). The maximum Gasteiger partial charge on any atom is 0.190 e. The van der Waals surface area contributed by atoms with Gasteiger partial charge in [-0.05, 0) is 37.3 Å². The van der Waals surface area contributed by atoms with Crippen LogP contribution in [-0.4, -0.2) is 5.78 Å². The lowest BCUT2D eigenvalue weighted by Crippen LogP contribution is -2.05. The van der Waals surface area contributed by atoms with Crippen LogP contribution in [0.3, 0.4) is 0 Å². The SMILES string of the molecule is O=C(C1=CCCCC1)c1csc2ccccc12. The van der Waals surface area contributed by atoms with E-state index in [0.29, 0.717) is 0 Å². The number of ketones is 1. The quantitative estimate of drug-likeness (QED) is 0.704. The summed E-state index contributed by atoms with van der Waals surface area (Å²) in [5.41, 5.74) is 1.90. The van der Waals surface area contributed by atoms with Gasteiger partial charge in [0.25, 0.3) is 0 Å². The van der Waals surface area contributed by atoms with Gasteiger partial charge in [0.1, 0.15) is 0 Å². The molecule has 1 aromatic carbocycles. The Hall–Kier alpha value is -1.41. The molecule has 1 nitrogen and oxygen atoms in total. The molecule has 0 unspecified atom stereocenters. The van der Waals surface area contributed by atoms with Gasteiger partial charge >= 0.3 is 0 Å². The molecule has 2 heteroatoms. The monoisotopic (exact) mass is 242 g/mol. The number of carbonyl (C=O) groups excluding carboxylic acids is 1. The molecular weight excluding hydrogens is 228 g/mol. The van der Waals surface area contributed by atoms with E-state index < -0.39 is 0 Å². The Morgan fingerprint density at radius 3 is 2.88 bits per heavy atom. The topological polar surface area (TPSA) is 17.1 Å². The van der Waals surface area contributed by atoms with Crippen LogP contribution < -0.4 is 0 Å². The molecule has 0 fully saturated rings. The van der Waals surface area contributed by atoms with Gasteiger partial charge in [-0.15, -0.1) is 11.3 Å². The summed E-state index contributed by atoms with van der Waals surface area (Å²) in [7, 11) is 0. The molecule has 0 bridgehead atoms. The zero-order valence-electron chi connectivity index (χ0n) is 9.61. The third kappa shape index (κ3) is 1.93. The number of allylic oxidation sites excluding steroid dienone is 2. The summed E-state index contributed by atoms with van der Waals surface area (Å²) in [5.74, 6) is 0.238. The predicted octanol–water partition coefficient (Wildman–Crippen LogP) is 4.58. The average molecular weight is 242 g/mol. The Bertz CT molecular complexity index is 592. The minimum atomic E-state index is 0.238. The minimum absolute atomic E-state index is 0.238. The summed E-state index contributed by atoms with van der Waals surface area (Å²) >= 11 is 1.66. The van der Waals surface area contributed by atoms with Gasteiger partial charge in [-0.3, -0.25) is 4.79 Å². The Morgan fingerprint density at radius 2 is 2.06 bits per heavy atom.